The maximum atomic E-state index is 12.7. The van der Waals surface area contributed by atoms with E-state index in [2.05, 4.69) is 5.32 Å². The zero-order chi connectivity index (χ0) is 23.9. The molecule has 1 N–H and O–H groups in total. The summed E-state index contributed by atoms with van der Waals surface area (Å²) in [6, 6.07) is 29.6. The predicted molar refractivity (Wildman–Crippen MR) is 131 cm³/mol. The molecule has 2 aliphatic rings. The second-order valence-corrected chi connectivity index (χ2v) is 8.47. The Kier molecular flexibility index (Phi) is 4.92. The lowest BCUT2D eigenvalue weighted by Crippen LogP contribution is -2.29. The molecule has 4 aromatic carbocycles. The summed E-state index contributed by atoms with van der Waals surface area (Å²) in [5.41, 5.74) is 6.19. The number of amides is 3. The van der Waals surface area contributed by atoms with E-state index in [1.807, 2.05) is 48.5 Å². The number of carbonyl (C=O) groups is 3. The van der Waals surface area contributed by atoms with Gasteiger partial charge < -0.3 is 10.1 Å². The second kappa shape index (κ2) is 8.25. The minimum Gasteiger partial charge on any atom is -0.436 e. The molecule has 6 heteroatoms. The van der Waals surface area contributed by atoms with Crippen molar-refractivity contribution >= 4 is 23.6 Å². The number of nitrogens with one attached hydrogen (secondary N) is 1. The number of alkyl carbamates (subject to hydrolysis) is 1. The highest BCUT2D eigenvalue weighted by Gasteiger charge is 2.36. The van der Waals surface area contributed by atoms with Crippen molar-refractivity contribution < 1.29 is 19.1 Å². The van der Waals surface area contributed by atoms with Gasteiger partial charge in [-0.05, 0) is 41.0 Å². The van der Waals surface area contributed by atoms with E-state index in [0.717, 1.165) is 27.8 Å². The third kappa shape index (κ3) is 3.47. The first-order valence-electron chi connectivity index (χ1n) is 11.3. The van der Waals surface area contributed by atoms with Gasteiger partial charge in [-0.2, -0.15) is 0 Å². The topological polar surface area (TPSA) is 75.7 Å². The van der Waals surface area contributed by atoms with Gasteiger partial charge in [-0.3, -0.25) is 9.59 Å². The van der Waals surface area contributed by atoms with E-state index >= 15 is 0 Å². The molecule has 0 bridgehead atoms. The third-order valence-corrected chi connectivity index (χ3v) is 6.43. The van der Waals surface area contributed by atoms with E-state index in [0.29, 0.717) is 16.8 Å². The summed E-state index contributed by atoms with van der Waals surface area (Å²) in [6.07, 6.45) is -0.982. The van der Waals surface area contributed by atoms with Crippen LogP contribution in [-0.2, 0) is 11.3 Å². The van der Waals surface area contributed by atoms with Gasteiger partial charge in [-0.1, -0.05) is 72.8 Å². The Morgan fingerprint density at radius 1 is 0.686 bits per heavy atom. The Hall–Kier alpha value is -4.71. The number of carbonyl (C=O) groups excluding carboxylic acids is 3. The van der Waals surface area contributed by atoms with Gasteiger partial charge in [0.25, 0.3) is 11.8 Å². The fourth-order valence-corrected chi connectivity index (χ4v) is 4.75. The summed E-state index contributed by atoms with van der Waals surface area (Å²) in [4.78, 5) is 39.2. The van der Waals surface area contributed by atoms with E-state index in [1.165, 1.54) is 4.90 Å². The van der Waals surface area contributed by atoms with Gasteiger partial charge in [0, 0.05) is 17.7 Å². The molecule has 0 aromatic heterocycles. The van der Waals surface area contributed by atoms with Crippen molar-refractivity contribution in [2.45, 2.75) is 12.6 Å². The summed E-state index contributed by atoms with van der Waals surface area (Å²) < 4.78 is 5.81. The molecule has 6 rings (SSSR count). The normalized spacial score (nSPS) is 13.9. The van der Waals surface area contributed by atoms with Crippen LogP contribution in [0.15, 0.2) is 97.1 Å². The number of hydrogen-bond donors (Lipinski definition) is 1. The SMILES string of the molecule is O=C(NCc1ccc(N2C(=O)c3ccccc3C2=O)cc1)OC1c2ccccc2-c2ccccc21. The number of imide groups is 1. The molecule has 4 aromatic rings. The van der Waals surface area contributed by atoms with Crippen LogP contribution < -0.4 is 10.2 Å². The Balaban J connectivity index is 1.13. The van der Waals surface area contributed by atoms with Gasteiger partial charge in [-0.25, -0.2) is 9.69 Å². The van der Waals surface area contributed by atoms with Crippen molar-refractivity contribution in [1.29, 1.82) is 0 Å². The zero-order valence-electron chi connectivity index (χ0n) is 18.6. The molecule has 0 unspecified atom stereocenters. The van der Waals surface area contributed by atoms with Crippen LogP contribution in [0.2, 0.25) is 0 Å². The van der Waals surface area contributed by atoms with Crippen LogP contribution in [0.4, 0.5) is 10.5 Å². The monoisotopic (exact) mass is 460 g/mol. The van der Waals surface area contributed by atoms with E-state index in [-0.39, 0.29) is 18.4 Å². The van der Waals surface area contributed by atoms with Gasteiger partial charge in [0.05, 0.1) is 16.8 Å². The first-order valence-corrected chi connectivity index (χ1v) is 11.3. The number of rotatable bonds is 4. The number of ether oxygens (including phenoxy) is 1. The molecule has 0 spiro atoms. The molecular formula is C29H20N2O4. The van der Waals surface area contributed by atoms with Crippen molar-refractivity contribution in [2.75, 3.05) is 4.90 Å². The van der Waals surface area contributed by atoms with E-state index in [9.17, 15) is 14.4 Å². The standard InChI is InChI=1S/C29H20N2O4/c32-27-24-11-5-6-12-25(24)28(33)31(27)19-15-13-18(14-16-19)17-30-29(34)35-26-22-9-3-1-7-20(22)21-8-2-4-10-23(21)26/h1-16,26H,17H2,(H,30,34). The van der Waals surface area contributed by atoms with Gasteiger partial charge >= 0.3 is 6.09 Å². The minimum atomic E-state index is -0.522. The first kappa shape index (κ1) is 20.9. The van der Waals surface area contributed by atoms with Crippen molar-refractivity contribution in [3.63, 3.8) is 0 Å². The number of fused-ring (bicyclic) bond motifs is 4. The lowest BCUT2D eigenvalue weighted by molar-refractivity contribution is 0.0925. The molecule has 1 heterocycles. The van der Waals surface area contributed by atoms with Gasteiger partial charge in [0.15, 0.2) is 6.10 Å². The lowest BCUT2D eigenvalue weighted by Gasteiger charge is -2.16. The van der Waals surface area contributed by atoms with Gasteiger partial charge in [0.2, 0.25) is 0 Å². The molecule has 0 fully saturated rings. The average Bonchev–Trinajstić information content (AvgIpc) is 3.35. The molecular weight excluding hydrogens is 440 g/mol. The Bertz CT molecular complexity index is 1410. The highest BCUT2D eigenvalue weighted by Crippen LogP contribution is 2.45. The molecule has 1 aliphatic heterocycles. The second-order valence-electron chi connectivity index (χ2n) is 8.47. The van der Waals surface area contributed by atoms with Crippen LogP contribution in [0, 0.1) is 0 Å². The molecule has 0 saturated heterocycles. The lowest BCUT2D eigenvalue weighted by atomic mass is 10.1. The van der Waals surface area contributed by atoms with Crippen LogP contribution in [0.5, 0.6) is 0 Å². The Morgan fingerprint density at radius 2 is 1.17 bits per heavy atom. The maximum absolute atomic E-state index is 12.7. The molecule has 0 saturated carbocycles. The quantitative estimate of drug-likeness (QED) is 0.409. The molecule has 1 aliphatic carbocycles. The van der Waals surface area contributed by atoms with Crippen molar-refractivity contribution in [3.05, 3.63) is 125 Å². The largest absolute Gasteiger partial charge is 0.436 e. The maximum Gasteiger partial charge on any atom is 0.408 e. The van der Waals surface area contributed by atoms with E-state index < -0.39 is 12.2 Å². The summed E-state index contributed by atoms with van der Waals surface area (Å²) in [6.45, 7) is 0.247. The zero-order valence-corrected chi connectivity index (χ0v) is 18.6. The fourth-order valence-electron chi connectivity index (χ4n) is 4.75. The number of nitrogens with zero attached hydrogens (tertiary/aromatic N) is 1. The van der Waals surface area contributed by atoms with E-state index in [1.54, 1.807) is 48.5 Å². The first-order chi connectivity index (χ1) is 17.1. The Morgan fingerprint density at radius 3 is 1.71 bits per heavy atom. The average molecular weight is 460 g/mol. The molecule has 6 nitrogen and oxygen atoms in total. The van der Waals surface area contributed by atoms with Crippen LogP contribution in [0.1, 0.15) is 43.5 Å². The highest BCUT2D eigenvalue weighted by atomic mass is 16.6. The van der Waals surface area contributed by atoms with E-state index in [4.69, 9.17) is 4.74 Å². The smallest absolute Gasteiger partial charge is 0.408 e. The third-order valence-electron chi connectivity index (χ3n) is 6.43. The summed E-state index contributed by atoms with van der Waals surface area (Å²) in [5, 5.41) is 2.80. The molecule has 0 atom stereocenters. The van der Waals surface area contributed by atoms with Gasteiger partial charge in [0.1, 0.15) is 0 Å². The van der Waals surface area contributed by atoms with Crippen LogP contribution in [-0.4, -0.2) is 17.9 Å². The fraction of sp³-hybridized carbons (Fsp3) is 0.0690. The molecule has 170 valence electrons. The predicted octanol–water partition coefficient (Wildman–Crippen LogP) is 5.48. The molecule has 3 amide bonds. The van der Waals surface area contributed by atoms with Crippen molar-refractivity contribution in [3.8, 4) is 11.1 Å². The van der Waals surface area contributed by atoms with Crippen LogP contribution in [0.3, 0.4) is 0 Å². The number of benzene rings is 4. The summed E-state index contributed by atoms with van der Waals surface area (Å²) in [7, 11) is 0. The summed E-state index contributed by atoms with van der Waals surface area (Å²) >= 11 is 0. The summed E-state index contributed by atoms with van der Waals surface area (Å²) in [5.74, 6) is -0.672. The molecule has 35 heavy (non-hydrogen) atoms. The van der Waals surface area contributed by atoms with Crippen LogP contribution >= 0.6 is 0 Å². The van der Waals surface area contributed by atoms with Crippen molar-refractivity contribution in [1.82, 2.24) is 5.32 Å². The van der Waals surface area contributed by atoms with Crippen molar-refractivity contribution in [2.24, 2.45) is 0 Å². The van der Waals surface area contributed by atoms with Gasteiger partial charge in [-0.15, -0.1) is 0 Å². The number of hydrogen-bond acceptors (Lipinski definition) is 4. The molecule has 0 radical (unpaired) electrons. The van der Waals surface area contributed by atoms with Crippen LogP contribution in [0.25, 0.3) is 11.1 Å². The minimum absolute atomic E-state index is 0.247. The highest BCUT2D eigenvalue weighted by molar-refractivity contribution is 6.34. The number of anilines is 1. The Labute approximate surface area is 201 Å².